The molecule has 0 fully saturated rings. The van der Waals surface area contributed by atoms with Crippen molar-refractivity contribution < 1.29 is 13.0 Å². The highest BCUT2D eigenvalue weighted by atomic mass is 32.2. The molecule has 0 aliphatic rings. The maximum absolute atomic E-state index is 12.6. The molecule has 1 aromatic heterocycles. The number of sulfonamides is 1. The van der Waals surface area contributed by atoms with Gasteiger partial charge >= 0.3 is 0 Å². The topological polar surface area (TPSA) is 85.1 Å². The summed E-state index contributed by atoms with van der Waals surface area (Å²) in [5, 5.41) is 7.33. The van der Waals surface area contributed by atoms with Crippen molar-refractivity contribution in [1.82, 2.24) is 15.0 Å². The fourth-order valence-corrected chi connectivity index (χ4v) is 3.60. The summed E-state index contributed by atoms with van der Waals surface area (Å²) in [4.78, 5) is 0.0604. The first-order valence-electron chi connectivity index (χ1n) is 6.77. The first kappa shape index (κ1) is 14.7. The highest BCUT2D eigenvalue weighted by Gasteiger charge is 2.22. The van der Waals surface area contributed by atoms with E-state index in [0.717, 1.165) is 11.1 Å². The van der Waals surface area contributed by atoms with E-state index in [2.05, 4.69) is 19.7 Å². The average molecular weight is 317 g/mol. The normalized spacial score (nSPS) is 13.4. The molecule has 7 heteroatoms. The molecule has 3 aromatic rings. The Hall–Kier alpha value is -2.25. The quantitative estimate of drug-likeness (QED) is 0.799. The Balaban J connectivity index is 1.93. The van der Waals surface area contributed by atoms with E-state index in [1.165, 1.54) is 6.07 Å². The number of hydrogen-bond acceptors (Lipinski definition) is 5. The lowest BCUT2D eigenvalue weighted by atomic mass is 10.1. The summed E-state index contributed by atoms with van der Waals surface area (Å²) < 4.78 is 32.4. The Labute approximate surface area is 128 Å². The molecular weight excluding hydrogens is 302 g/mol. The van der Waals surface area contributed by atoms with E-state index in [4.69, 9.17) is 0 Å². The molecule has 1 atom stereocenters. The highest BCUT2D eigenvalue weighted by molar-refractivity contribution is 7.89. The molecule has 0 radical (unpaired) electrons. The number of fused-ring (bicyclic) bond motifs is 1. The van der Waals surface area contributed by atoms with Gasteiger partial charge in [-0.25, -0.2) is 17.8 Å². The molecule has 0 saturated heterocycles. The van der Waals surface area contributed by atoms with Crippen LogP contribution in [-0.4, -0.2) is 18.7 Å². The van der Waals surface area contributed by atoms with Crippen LogP contribution in [0, 0.1) is 6.92 Å². The zero-order valence-corrected chi connectivity index (χ0v) is 13.0. The monoisotopic (exact) mass is 317 g/mol. The van der Waals surface area contributed by atoms with Crippen LogP contribution in [0.25, 0.3) is 11.0 Å². The van der Waals surface area contributed by atoms with Gasteiger partial charge in [-0.1, -0.05) is 35.9 Å². The van der Waals surface area contributed by atoms with Gasteiger partial charge in [0.25, 0.3) is 0 Å². The molecule has 0 saturated carbocycles. The predicted octanol–water partition coefficient (Wildman–Crippen LogP) is 2.57. The molecule has 6 nitrogen and oxygen atoms in total. The zero-order valence-electron chi connectivity index (χ0n) is 12.1. The maximum Gasteiger partial charge on any atom is 0.243 e. The summed E-state index contributed by atoms with van der Waals surface area (Å²) >= 11 is 0. The van der Waals surface area contributed by atoms with Gasteiger partial charge in [-0.05, 0) is 41.9 Å². The average Bonchev–Trinajstić information content (AvgIpc) is 2.95. The first-order valence-corrected chi connectivity index (χ1v) is 8.26. The Morgan fingerprint density at radius 1 is 1.09 bits per heavy atom. The fourth-order valence-electron chi connectivity index (χ4n) is 2.22. The molecule has 0 spiro atoms. The van der Waals surface area contributed by atoms with Crippen LogP contribution < -0.4 is 4.72 Å². The zero-order chi connectivity index (χ0) is 15.7. The van der Waals surface area contributed by atoms with Crippen molar-refractivity contribution in [3.8, 4) is 0 Å². The van der Waals surface area contributed by atoms with Gasteiger partial charge in [-0.15, -0.1) is 0 Å². The van der Waals surface area contributed by atoms with Crippen molar-refractivity contribution in [1.29, 1.82) is 0 Å². The molecule has 22 heavy (non-hydrogen) atoms. The van der Waals surface area contributed by atoms with E-state index in [0.29, 0.717) is 5.52 Å². The molecule has 0 bridgehead atoms. The standard InChI is InChI=1S/C15H15N3O3S/c1-10-6-8-12(9-7-10)11(2)18-22(19,20)14-5-3-4-13-15(14)17-21-16-13/h3-9,11,18H,1-2H3. The van der Waals surface area contributed by atoms with Crippen LogP contribution in [0.4, 0.5) is 0 Å². The molecule has 0 aliphatic carbocycles. The van der Waals surface area contributed by atoms with Crippen LogP contribution in [0.3, 0.4) is 0 Å². The van der Waals surface area contributed by atoms with Gasteiger partial charge in [-0.2, -0.15) is 0 Å². The number of rotatable bonds is 4. The molecule has 1 heterocycles. The predicted molar refractivity (Wildman–Crippen MR) is 81.7 cm³/mol. The molecule has 1 N–H and O–H groups in total. The van der Waals surface area contributed by atoms with Crippen LogP contribution >= 0.6 is 0 Å². The van der Waals surface area contributed by atoms with E-state index in [9.17, 15) is 8.42 Å². The van der Waals surface area contributed by atoms with Crippen molar-refractivity contribution in [3.05, 3.63) is 53.6 Å². The van der Waals surface area contributed by atoms with E-state index in [-0.39, 0.29) is 16.5 Å². The number of hydrogen-bond donors (Lipinski definition) is 1. The van der Waals surface area contributed by atoms with E-state index in [1.54, 1.807) is 19.1 Å². The third-order valence-corrected chi connectivity index (χ3v) is 5.02. The molecule has 0 amide bonds. The number of aromatic nitrogens is 2. The first-order chi connectivity index (χ1) is 10.5. The summed E-state index contributed by atoms with van der Waals surface area (Å²) in [6, 6.07) is 12.1. The van der Waals surface area contributed by atoms with Crippen molar-refractivity contribution in [2.45, 2.75) is 24.8 Å². The van der Waals surface area contributed by atoms with Gasteiger partial charge in [0.05, 0.1) is 0 Å². The van der Waals surface area contributed by atoms with Crippen LogP contribution in [0.1, 0.15) is 24.1 Å². The SMILES string of the molecule is Cc1ccc(C(C)NS(=O)(=O)c2cccc3nonc23)cc1. The lowest BCUT2D eigenvalue weighted by molar-refractivity contribution is 0.315. The Kier molecular flexibility index (Phi) is 3.67. The molecule has 1 unspecified atom stereocenters. The van der Waals surface area contributed by atoms with E-state index in [1.807, 2.05) is 31.2 Å². The Morgan fingerprint density at radius 3 is 2.55 bits per heavy atom. The summed E-state index contributed by atoms with van der Waals surface area (Å²) in [7, 11) is -3.73. The van der Waals surface area contributed by atoms with Crippen molar-refractivity contribution in [2.75, 3.05) is 0 Å². The van der Waals surface area contributed by atoms with Crippen molar-refractivity contribution in [3.63, 3.8) is 0 Å². The van der Waals surface area contributed by atoms with Crippen LogP contribution in [-0.2, 0) is 10.0 Å². The summed E-state index contributed by atoms with van der Waals surface area (Å²) in [6.45, 7) is 3.78. The van der Waals surface area contributed by atoms with Gasteiger partial charge in [0.1, 0.15) is 10.4 Å². The highest BCUT2D eigenvalue weighted by Crippen LogP contribution is 2.22. The second-order valence-corrected chi connectivity index (χ2v) is 6.82. The lowest BCUT2D eigenvalue weighted by Crippen LogP contribution is -2.27. The summed E-state index contributed by atoms with van der Waals surface area (Å²) in [6.07, 6.45) is 0. The van der Waals surface area contributed by atoms with Gasteiger partial charge < -0.3 is 0 Å². The third kappa shape index (κ3) is 2.72. The van der Waals surface area contributed by atoms with E-state index < -0.39 is 10.0 Å². The van der Waals surface area contributed by atoms with Crippen LogP contribution in [0.5, 0.6) is 0 Å². The molecule has 2 aromatic carbocycles. The number of nitrogens with one attached hydrogen (secondary N) is 1. The summed E-state index contributed by atoms with van der Waals surface area (Å²) in [5.41, 5.74) is 2.65. The minimum Gasteiger partial charge on any atom is -0.243 e. The molecular formula is C15H15N3O3S. The second kappa shape index (κ2) is 5.51. The van der Waals surface area contributed by atoms with E-state index >= 15 is 0 Å². The Morgan fingerprint density at radius 2 is 1.82 bits per heavy atom. The van der Waals surface area contributed by atoms with Gasteiger partial charge in [-0.3, -0.25) is 0 Å². The summed E-state index contributed by atoms with van der Waals surface area (Å²) in [5.74, 6) is 0. The van der Waals surface area contributed by atoms with Crippen LogP contribution in [0.15, 0.2) is 52.0 Å². The smallest absolute Gasteiger partial charge is 0.243 e. The molecule has 0 aliphatic heterocycles. The number of aryl methyl sites for hydroxylation is 1. The lowest BCUT2D eigenvalue weighted by Gasteiger charge is -2.15. The maximum atomic E-state index is 12.6. The number of nitrogens with zero attached hydrogens (tertiary/aromatic N) is 2. The van der Waals surface area contributed by atoms with Crippen LogP contribution in [0.2, 0.25) is 0 Å². The fraction of sp³-hybridized carbons (Fsp3) is 0.200. The van der Waals surface area contributed by atoms with Gasteiger partial charge in [0.15, 0.2) is 5.52 Å². The van der Waals surface area contributed by atoms with Gasteiger partial charge in [0, 0.05) is 6.04 Å². The Bertz CT molecular complexity index is 901. The third-order valence-electron chi connectivity index (χ3n) is 3.45. The van der Waals surface area contributed by atoms with Gasteiger partial charge in [0.2, 0.25) is 10.0 Å². The molecule has 114 valence electrons. The number of benzene rings is 2. The van der Waals surface area contributed by atoms with Crippen molar-refractivity contribution >= 4 is 21.1 Å². The minimum atomic E-state index is -3.73. The second-order valence-electron chi connectivity index (χ2n) is 5.14. The van der Waals surface area contributed by atoms with Crippen molar-refractivity contribution in [2.24, 2.45) is 0 Å². The minimum absolute atomic E-state index is 0.0604. The molecule has 3 rings (SSSR count). The largest absolute Gasteiger partial charge is 0.243 e.